The summed E-state index contributed by atoms with van der Waals surface area (Å²) < 4.78 is 5.93. The fourth-order valence-corrected chi connectivity index (χ4v) is 3.08. The van der Waals surface area contributed by atoms with Crippen LogP contribution < -0.4 is 5.32 Å². The van der Waals surface area contributed by atoms with Crippen molar-refractivity contribution in [3.8, 4) is 0 Å². The van der Waals surface area contributed by atoms with Crippen LogP contribution in [0.3, 0.4) is 0 Å². The summed E-state index contributed by atoms with van der Waals surface area (Å²) in [6, 6.07) is 0. The van der Waals surface area contributed by atoms with Crippen LogP contribution in [0.2, 0.25) is 0 Å². The molecular formula is C12H22N2OS. The minimum Gasteiger partial charge on any atom is -0.368 e. The van der Waals surface area contributed by atoms with Gasteiger partial charge in [0.25, 0.3) is 0 Å². The van der Waals surface area contributed by atoms with Crippen LogP contribution >= 0.6 is 11.3 Å². The Morgan fingerprint density at radius 2 is 2.06 bits per heavy atom. The highest BCUT2D eigenvalue weighted by atomic mass is 32.1. The zero-order valence-corrected chi connectivity index (χ0v) is 11.5. The highest BCUT2D eigenvalue weighted by molar-refractivity contribution is 7.11. The summed E-state index contributed by atoms with van der Waals surface area (Å²) in [6.45, 7) is 7.99. The SMILES string of the molecule is CCOC(CC)(CC)c1ncc(CNC)s1. The number of aromatic nitrogens is 1. The molecular weight excluding hydrogens is 220 g/mol. The molecule has 92 valence electrons. The van der Waals surface area contributed by atoms with E-state index in [4.69, 9.17) is 4.74 Å². The maximum absolute atomic E-state index is 5.93. The van der Waals surface area contributed by atoms with Crippen LogP contribution in [0.5, 0.6) is 0 Å². The number of nitrogens with zero attached hydrogens (tertiary/aromatic N) is 1. The number of nitrogens with one attached hydrogen (secondary N) is 1. The molecule has 1 aromatic heterocycles. The second-order valence-electron chi connectivity index (χ2n) is 3.80. The topological polar surface area (TPSA) is 34.1 Å². The first kappa shape index (κ1) is 13.6. The van der Waals surface area contributed by atoms with Crippen LogP contribution in [0.4, 0.5) is 0 Å². The van der Waals surface area contributed by atoms with Crippen LogP contribution in [-0.4, -0.2) is 18.6 Å². The lowest BCUT2D eigenvalue weighted by Gasteiger charge is -2.29. The molecule has 0 radical (unpaired) electrons. The fraction of sp³-hybridized carbons (Fsp3) is 0.750. The molecule has 1 rings (SSSR count). The van der Waals surface area contributed by atoms with Gasteiger partial charge in [-0.2, -0.15) is 0 Å². The van der Waals surface area contributed by atoms with Crippen LogP contribution in [0.25, 0.3) is 0 Å². The van der Waals surface area contributed by atoms with Gasteiger partial charge in [-0.1, -0.05) is 13.8 Å². The van der Waals surface area contributed by atoms with Gasteiger partial charge in [0.1, 0.15) is 10.6 Å². The summed E-state index contributed by atoms with van der Waals surface area (Å²) >= 11 is 1.75. The molecule has 0 unspecified atom stereocenters. The molecule has 0 aliphatic rings. The summed E-state index contributed by atoms with van der Waals surface area (Å²) in [7, 11) is 1.95. The molecule has 0 amide bonds. The molecule has 16 heavy (non-hydrogen) atoms. The number of hydrogen-bond donors (Lipinski definition) is 1. The molecule has 1 N–H and O–H groups in total. The first-order valence-electron chi connectivity index (χ1n) is 5.96. The Labute approximate surface area is 102 Å². The van der Waals surface area contributed by atoms with E-state index >= 15 is 0 Å². The van der Waals surface area contributed by atoms with Gasteiger partial charge >= 0.3 is 0 Å². The van der Waals surface area contributed by atoms with Crippen molar-refractivity contribution in [2.75, 3.05) is 13.7 Å². The average molecular weight is 242 g/mol. The number of ether oxygens (including phenoxy) is 1. The molecule has 0 spiro atoms. The van der Waals surface area contributed by atoms with Crippen LogP contribution in [0.15, 0.2) is 6.20 Å². The fourth-order valence-electron chi connectivity index (χ4n) is 1.87. The molecule has 1 aromatic rings. The van der Waals surface area contributed by atoms with Crippen LogP contribution in [0.1, 0.15) is 43.5 Å². The highest BCUT2D eigenvalue weighted by Crippen LogP contribution is 2.35. The van der Waals surface area contributed by atoms with Crippen molar-refractivity contribution in [2.45, 2.75) is 45.8 Å². The first-order valence-corrected chi connectivity index (χ1v) is 6.77. The van der Waals surface area contributed by atoms with E-state index in [1.165, 1.54) is 4.88 Å². The van der Waals surface area contributed by atoms with E-state index in [0.717, 1.165) is 31.0 Å². The monoisotopic (exact) mass is 242 g/mol. The van der Waals surface area contributed by atoms with Crippen molar-refractivity contribution in [2.24, 2.45) is 0 Å². The van der Waals surface area contributed by atoms with Crippen molar-refractivity contribution >= 4 is 11.3 Å². The average Bonchev–Trinajstić information content (AvgIpc) is 2.76. The van der Waals surface area contributed by atoms with E-state index < -0.39 is 0 Å². The minimum atomic E-state index is -0.175. The predicted octanol–water partition coefficient (Wildman–Crippen LogP) is 2.91. The van der Waals surface area contributed by atoms with E-state index in [9.17, 15) is 0 Å². The second kappa shape index (κ2) is 6.33. The van der Waals surface area contributed by atoms with Gasteiger partial charge in [0.15, 0.2) is 0 Å². The number of rotatable bonds is 7. The van der Waals surface area contributed by atoms with Crippen molar-refractivity contribution in [1.82, 2.24) is 10.3 Å². The lowest BCUT2D eigenvalue weighted by atomic mass is 9.98. The first-order chi connectivity index (χ1) is 7.72. The molecule has 0 aliphatic heterocycles. The lowest BCUT2D eigenvalue weighted by molar-refractivity contribution is -0.0506. The van der Waals surface area contributed by atoms with Gasteiger partial charge in [-0.25, -0.2) is 4.98 Å². The third-order valence-electron chi connectivity index (χ3n) is 2.86. The quantitative estimate of drug-likeness (QED) is 0.798. The van der Waals surface area contributed by atoms with Crippen molar-refractivity contribution in [3.63, 3.8) is 0 Å². The van der Waals surface area contributed by atoms with Gasteiger partial charge in [-0.3, -0.25) is 0 Å². The normalized spacial score (nSPS) is 12.0. The van der Waals surface area contributed by atoms with Crippen molar-refractivity contribution in [1.29, 1.82) is 0 Å². The molecule has 0 bridgehead atoms. The summed E-state index contributed by atoms with van der Waals surface area (Å²) in [5, 5.41) is 4.26. The largest absolute Gasteiger partial charge is 0.368 e. The van der Waals surface area contributed by atoms with E-state index in [0.29, 0.717) is 0 Å². The molecule has 0 fully saturated rings. The standard InChI is InChI=1S/C12H22N2OS/c1-5-12(6-2,15-7-3)11-14-9-10(16-11)8-13-4/h9,13H,5-8H2,1-4H3. The van der Waals surface area contributed by atoms with E-state index in [2.05, 4.69) is 24.1 Å². The van der Waals surface area contributed by atoms with Gasteiger partial charge in [-0.15, -0.1) is 11.3 Å². The zero-order chi connectivity index (χ0) is 12.0. The van der Waals surface area contributed by atoms with E-state index in [1.54, 1.807) is 11.3 Å². The Bertz CT molecular complexity index is 308. The van der Waals surface area contributed by atoms with Gasteiger partial charge in [-0.05, 0) is 26.8 Å². The highest BCUT2D eigenvalue weighted by Gasteiger charge is 2.32. The van der Waals surface area contributed by atoms with E-state index in [1.807, 2.05) is 20.2 Å². The Morgan fingerprint density at radius 3 is 2.56 bits per heavy atom. The zero-order valence-electron chi connectivity index (χ0n) is 10.7. The predicted molar refractivity (Wildman–Crippen MR) is 68.8 cm³/mol. The Kier molecular flexibility index (Phi) is 5.38. The molecule has 4 heteroatoms. The molecule has 3 nitrogen and oxygen atoms in total. The van der Waals surface area contributed by atoms with Crippen molar-refractivity contribution in [3.05, 3.63) is 16.1 Å². The number of hydrogen-bond acceptors (Lipinski definition) is 4. The molecule has 0 saturated carbocycles. The summed E-state index contributed by atoms with van der Waals surface area (Å²) in [4.78, 5) is 5.79. The third-order valence-corrected chi connectivity index (χ3v) is 4.04. The van der Waals surface area contributed by atoms with Gasteiger partial charge in [0.2, 0.25) is 0 Å². The van der Waals surface area contributed by atoms with Crippen LogP contribution in [0, 0.1) is 0 Å². The molecule has 1 heterocycles. The van der Waals surface area contributed by atoms with Gasteiger partial charge in [0.05, 0.1) is 0 Å². The lowest BCUT2D eigenvalue weighted by Crippen LogP contribution is -2.28. The Balaban J connectivity index is 2.91. The van der Waals surface area contributed by atoms with Crippen LogP contribution in [-0.2, 0) is 16.9 Å². The smallest absolute Gasteiger partial charge is 0.125 e. The maximum Gasteiger partial charge on any atom is 0.125 e. The molecule has 0 saturated heterocycles. The van der Waals surface area contributed by atoms with Gasteiger partial charge in [0, 0.05) is 24.2 Å². The molecule has 0 atom stereocenters. The summed E-state index contributed by atoms with van der Waals surface area (Å²) in [5.74, 6) is 0. The second-order valence-corrected chi connectivity index (χ2v) is 4.91. The summed E-state index contributed by atoms with van der Waals surface area (Å²) in [6.07, 6.45) is 3.91. The van der Waals surface area contributed by atoms with Gasteiger partial charge < -0.3 is 10.1 Å². The Hall–Kier alpha value is -0.450. The third kappa shape index (κ3) is 2.81. The molecule has 0 aromatic carbocycles. The van der Waals surface area contributed by atoms with Crippen molar-refractivity contribution < 1.29 is 4.74 Å². The molecule has 0 aliphatic carbocycles. The Morgan fingerprint density at radius 1 is 1.38 bits per heavy atom. The maximum atomic E-state index is 5.93. The number of thiazole rings is 1. The minimum absolute atomic E-state index is 0.175. The summed E-state index contributed by atoms with van der Waals surface area (Å²) in [5.41, 5.74) is -0.175. The van der Waals surface area contributed by atoms with E-state index in [-0.39, 0.29) is 5.60 Å².